The first-order valence-electron chi connectivity index (χ1n) is 5.11. The second-order valence-electron chi connectivity index (χ2n) is 3.57. The molecule has 1 rings (SSSR count). The minimum absolute atomic E-state index is 0.0734. The maximum atomic E-state index is 11.8. The van der Waals surface area contributed by atoms with Crippen LogP contribution >= 0.6 is 0 Å². The maximum absolute atomic E-state index is 11.8. The second kappa shape index (κ2) is 5.76. The van der Waals surface area contributed by atoms with Crippen molar-refractivity contribution in [3.8, 4) is 0 Å². The summed E-state index contributed by atoms with van der Waals surface area (Å²) in [6, 6.07) is 2.60. The first-order valence-corrected chi connectivity index (χ1v) is 5.11. The van der Waals surface area contributed by atoms with Crippen molar-refractivity contribution in [3.63, 3.8) is 0 Å². The van der Waals surface area contributed by atoms with Crippen molar-refractivity contribution in [2.45, 2.75) is 0 Å². The van der Waals surface area contributed by atoms with Gasteiger partial charge in [-0.2, -0.15) is 0 Å². The quantitative estimate of drug-likeness (QED) is 0.758. The van der Waals surface area contributed by atoms with Crippen LogP contribution in [0.3, 0.4) is 0 Å². The van der Waals surface area contributed by atoms with Gasteiger partial charge < -0.3 is 15.3 Å². The highest BCUT2D eigenvalue weighted by atomic mass is 16.4. The number of nitrogens with one attached hydrogen (secondary N) is 1. The Morgan fingerprint density at radius 2 is 2.06 bits per heavy atom. The van der Waals surface area contributed by atoms with Gasteiger partial charge >= 0.3 is 5.97 Å². The minimum Gasteiger partial charge on any atom is -0.477 e. The minimum atomic E-state index is -1.16. The molecule has 0 aliphatic carbocycles. The number of nitrogens with zero attached hydrogens (tertiary/aromatic N) is 2. The number of amides is 2. The SMILES string of the molecule is CNC(=O)CN(C)C(=O)c1ccc(C(=O)O)nc1. The van der Waals surface area contributed by atoms with Gasteiger partial charge in [-0.3, -0.25) is 9.59 Å². The summed E-state index contributed by atoms with van der Waals surface area (Å²) in [5.41, 5.74) is 0.0897. The Hall–Kier alpha value is -2.44. The van der Waals surface area contributed by atoms with Gasteiger partial charge in [-0.15, -0.1) is 0 Å². The summed E-state index contributed by atoms with van der Waals surface area (Å²) in [6.07, 6.45) is 1.17. The lowest BCUT2D eigenvalue weighted by atomic mass is 10.2. The van der Waals surface area contributed by atoms with Gasteiger partial charge in [-0.05, 0) is 12.1 Å². The van der Waals surface area contributed by atoms with Gasteiger partial charge in [0.05, 0.1) is 12.1 Å². The smallest absolute Gasteiger partial charge is 0.354 e. The van der Waals surface area contributed by atoms with E-state index < -0.39 is 11.9 Å². The van der Waals surface area contributed by atoms with Gasteiger partial charge in [0.25, 0.3) is 5.91 Å². The van der Waals surface area contributed by atoms with Crippen molar-refractivity contribution in [1.82, 2.24) is 15.2 Å². The molecule has 0 aromatic carbocycles. The molecule has 0 bridgehead atoms. The molecule has 1 aromatic rings. The van der Waals surface area contributed by atoms with E-state index in [2.05, 4.69) is 10.3 Å². The molecule has 0 aliphatic heterocycles. The number of likely N-dealkylation sites (N-methyl/N-ethyl adjacent to an activating group) is 2. The predicted molar refractivity (Wildman–Crippen MR) is 62.2 cm³/mol. The normalized spacial score (nSPS) is 9.67. The van der Waals surface area contributed by atoms with Crippen LogP contribution in [0, 0.1) is 0 Å². The maximum Gasteiger partial charge on any atom is 0.354 e. The number of hydrogen-bond donors (Lipinski definition) is 2. The number of carboxylic acid groups (broad SMARTS) is 1. The van der Waals surface area contributed by atoms with Gasteiger partial charge in [-0.25, -0.2) is 9.78 Å². The third-order valence-electron chi connectivity index (χ3n) is 2.24. The molecule has 0 fully saturated rings. The van der Waals surface area contributed by atoms with Gasteiger partial charge in [0.15, 0.2) is 0 Å². The molecule has 0 unspecified atom stereocenters. The number of pyridine rings is 1. The number of aromatic carboxylic acids is 1. The average Bonchev–Trinajstić information content (AvgIpc) is 2.37. The number of hydrogen-bond acceptors (Lipinski definition) is 4. The Balaban J connectivity index is 2.77. The summed E-state index contributed by atoms with van der Waals surface area (Å²) >= 11 is 0. The molecule has 0 radical (unpaired) electrons. The monoisotopic (exact) mass is 251 g/mol. The zero-order chi connectivity index (χ0) is 13.7. The molecule has 0 aliphatic rings. The number of aromatic nitrogens is 1. The zero-order valence-corrected chi connectivity index (χ0v) is 10.0. The van der Waals surface area contributed by atoms with Crippen LogP contribution in [0.25, 0.3) is 0 Å². The van der Waals surface area contributed by atoms with E-state index in [0.717, 1.165) is 0 Å². The summed E-state index contributed by atoms with van der Waals surface area (Å²) in [5.74, 6) is -1.85. The van der Waals surface area contributed by atoms with E-state index in [1.807, 2.05) is 0 Å². The molecule has 96 valence electrons. The van der Waals surface area contributed by atoms with Crippen molar-refractivity contribution in [3.05, 3.63) is 29.6 Å². The highest BCUT2D eigenvalue weighted by molar-refractivity contribution is 5.96. The number of rotatable bonds is 4. The predicted octanol–water partition coefficient (Wildman–Crippen LogP) is -0.402. The van der Waals surface area contributed by atoms with Crippen LogP contribution in [0.1, 0.15) is 20.8 Å². The third kappa shape index (κ3) is 3.27. The lowest BCUT2D eigenvalue weighted by Crippen LogP contribution is -2.36. The van der Waals surface area contributed by atoms with Crippen molar-refractivity contribution in [2.24, 2.45) is 0 Å². The van der Waals surface area contributed by atoms with Crippen LogP contribution in [0.15, 0.2) is 18.3 Å². The Morgan fingerprint density at radius 3 is 2.50 bits per heavy atom. The summed E-state index contributed by atoms with van der Waals surface area (Å²) in [7, 11) is 2.95. The molecule has 2 amide bonds. The van der Waals surface area contributed by atoms with E-state index in [4.69, 9.17) is 5.11 Å². The fourth-order valence-corrected chi connectivity index (χ4v) is 1.23. The largest absolute Gasteiger partial charge is 0.477 e. The van der Waals surface area contributed by atoms with Crippen LogP contribution in [-0.4, -0.2) is 53.4 Å². The van der Waals surface area contributed by atoms with Crippen molar-refractivity contribution in [1.29, 1.82) is 0 Å². The molecule has 18 heavy (non-hydrogen) atoms. The van der Waals surface area contributed by atoms with Crippen LogP contribution in [0.2, 0.25) is 0 Å². The van der Waals surface area contributed by atoms with E-state index in [0.29, 0.717) is 0 Å². The number of carbonyl (C=O) groups is 3. The van der Waals surface area contributed by atoms with Crippen LogP contribution in [0.4, 0.5) is 0 Å². The number of carbonyl (C=O) groups excluding carboxylic acids is 2. The molecule has 2 N–H and O–H groups in total. The topological polar surface area (TPSA) is 99.6 Å². The molecule has 7 heteroatoms. The summed E-state index contributed by atoms with van der Waals surface area (Å²) < 4.78 is 0. The van der Waals surface area contributed by atoms with Gasteiger partial charge in [-0.1, -0.05) is 0 Å². The van der Waals surface area contributed by atoms with E-state index in [-0.39, 0.29) is 23.7 Å². The van der Waals surface area contributed by atoms with Gasteiger partial charge in [0, 0.05) is 20.3 Å². The van der Waals surface area contributed by atoms with E-state index in [1.165, 1.54) is 37.3 Å². The van der Waals surface area contributed by atoms with E-state index in [9.17, 15) is 14.4 Å². The van der Waals surface area contributed by atoms with Crippen LogP contribution in [0.5, 0.6) is 0 Å². The first kappa shape index (κ1) is 13.6. The standard InChI is InChI=1S/C11H13N3O4/c1-12-9(15)6-14(2)10(16)7-3-4-8(11(17)18)13-5-7/h3-5H,6H2,1-2H3,(H,12,15)(H,17,18). The lowest BCUT2D eigenvalue weighted by Gasteiger charge is -2.15. The average molecular weight is 251 g/mol. The van der Waals surface area contributed by atoms with Gasteiger partial charge in [0.2, 0.25) is 5.91 Å². The van der Waals surface area contributed by atoms with Gasteiger partial charge in [0.1, 0.15) is 5.69 Å². The molecular formula is C11H13N3O4. The Labute approximate surface area is 103 Å². The Morgan fingerprint density at radius 1 is 1.39 bits per heavy atom. The van der Waals surface area contributed by atoms with E-state index in [1.54, 1.807) is 0 Å². The summed E-state index contributed by atoms with van der Waals surface area (Å²) in [4.78, 5) is 38.4. The second-order valence-corrected chi connectivity index (χ2v) is 3.57. The Kier molecular flexibility index (Phi) is 4.36. The molecule has 1 aromatic heterocycles. The van der Waals surface area contributed by atoms with Crippen molar-refractivity contribution in [2.75, 3.05) is 20.6 Å². The van der Waals surface area contributed by atoms with Crippen LogP contribution < -0.4 is 5.32 Å². The zero-order valence-electron chi connectivity index (χ0n) is 10.0. The van der Waals surface area contributed by atoms with E-state index >= 15 is 0 Å². The molecule has 0 saturated carbocycles. The molecule has 0 atom stereocenters. The third-order valence-corrected chi connectivity index (χ3v) is 2.24. The fraction of sp³-hybridized carbons (Fsp3) is 0.273. The Bertz CT molecular complexity index is 470. The summed E-state index contributed by atoms with van der Waals surface area (Å²) in [6.45, 7) is -0.0734. The first-order chi connectivity index (χ1) is 8.45. The van der Waals surface area contributed by atoms with Crippen molar-refractivity contribution < 1.29 is 19.5 Å². The summed E-state index contributed by atoms with van der Waals surface area (Å²) in [5, 5.41) is 11.1. The highest BCUT2D eigenvalue weighted by Crippen LogP contribution is 2.04. The molecule has 1 heterocycles. The molecule has 7 nitrogen and oxygen atoms in total. The molecular weight excluding hydrogens is 238 g/mol. The number of carboxylic acids is 1. The molecule has 0 spiro atoms. The van der Waals surface area contributed by atoms with Crippen molar-refractivity contribution >= 4 is 17.8 Å². The highest BCUT2D eigenvalue weighted by Gasteiger charge is 2.15. The fourth-order valence-electron chi connectivity index (χ4n) is 1.23. The van der Waals surface area contributed by atoms with Crippen LogP contribution in [-0.2, 0) is 4.79 Å². The molecule has 0 saturated heterocycles. The lowest BCUT2D eigenvalue weighted by molar-refractivity contribution is -0.121.